The van der Waals surface area contributed by atoms with Crippen LogP contribution in [-0.2, 0) is 6.54 Å². The summed E-state index contributed by atoms with van der Waals surface area (Å²) in [4.78, 5) is 14.5. The molecule has 0 spiro atoms. The monoisotopic (exact) mass is 122 g/mol. The molecular formula is C5H4N3O. The van der Waals surface area contributed by atoms with Crippen LogP contribution < -0.4 is 5.32 Å². The van der Waals surface area contributed by atoms with Gasteiger partial charge in [-0.1, -0.05) is 0 Å². The molecule has 0 saturated carbocycles. The summed E-state index contributed by atoms with van der Waals surface area (Å²) in [6, 6.07) is -0.206. The molecule has 0 fully saturated rings. The largest absolute Gasteiger partial charge is 0.349 e. The molecule has 0 unspecified atom stereocenters. The molecule has 0 saturated heterocycles. The maximum absolute atomic E-state index is 10.7. The summed E-state index contributed by atoms with van der Waals surface area (Å²) in [5.41, 5.74) is 0.875. The van der Waals surface area contributed by atoms with Gasteiger partial charge < -0.3 is 0 Å². The first kappa shape index (κ1) is 4.55. The Balaban J connectivity index is 2.61. The molecule has 4 heteroatoms. The minimum Gasteiger partial charge on any atom is -0.252 e. The second-order valence-electron chi connectivity index (χ2n) is 1.85. The number of aromatic nitrogens is 2. The number of fused-ring (bicyclic) bond motifs is 1. The lowest BCUT2D eigenvalue weighted by Gasteiger charge is -1.84. The zero-order valence-electron chi connectivity index (χ0n) is 4.61. The van der Waals surface area contributed by atoms with Gasteiger partial charge in [-0.05, 0) is 0 Å². The molecule has 45 valence electrons. The van der Waals surface area contributed by atoms with Gasteiger partial charge in [0.1, 0.15) is 6.33 Å². The van der Waals surface area contributed by atoms with Crippen molar-refractivity contribution in [3.63, 3.8) is 0 Å². The number of hydrogen-bond acceptors (Lipinski definition) is 2. The Bertz CT molecular complexity index is 252. The van der Waals surface area contributed by atoms with Crippen molar-refractivity contribution < 1.29 is 4.79 Å². The molecule has 4 nitrogen and oxygen atoms in total. The number of hydrogen-bond donors (Lipinski definition) is 0. The summed E-state index contributed by atoms with van der Waals surface area (Å²) in [5, 5.41) is 3.65. The van der Waals surface area contributed by atoms with Gasteiger partial charge in [-0.25, -0.2) is 15.1 Å². The normalized spacial score (nSPS) is 15.3. The van der Waals surface area contributed by atoms with Crippen molar-refractivity contribution >= 4 is 6.03 Å². The van der Waals surface area contributed by atoms with E-state index in [1.807, 2.05) is 0 Å². The smallest absolute Gasteiger partial charge is 0.252 e. The van der Waals surface area contributed by atoms with Crippen LogP contribution in [0.3, 0.4) is 0 Å². The van der Waals surface area contributed by atoms with Crippen LogP contribution in [0.4, 0.5) is 4.79 Å². The van der Waals surface area contributed by atoms with E-state index in [2.05, 4.69) is 10.3 Å². The lowest BCUT2D eigenvalue weighted by molar-refractivity contribution is 0.245. The van der Waals surface area contributed by atoms with Crippen LogP contribution in [0, 0.1) is 0 Å². The first-order chi connectivity index (χ1) is 4.38. The third-order valence-corrected chi connectivity index (χ3v) is 1.30. The quantitative estimate of drug-likeness (QED) is 0.485. The van der Waals surface area contributed by atoms with Gasteiger partial charge in [-0.3, -0.25) is 4.57 Å². The Morgan fingerprint density at radius 1 is 1.67 bits per heavy atom. The molecule has 1 radical (unpaired) electrons. The van der Waals surface area contributed by atoms with Crippen LogP contribution in [0.25, 0.3) is 0 Å². The first-order valence-electron chi connectivity index (χ1n) is 2.61. The molecule has 1 aromatic heterocycles. The summed E-state index contributed by atoms with van der Waals surface area (Å²) in [6.07, 6.45) is 3.13. The number of rotatable bonds is 0. The number of carbonyl (C=O) groups excluding carboxylic acids is 1. The highest BCUT2D eigenvalue weighted by molar-refractivity contribution is 5.79. The maximum Gasteiger partial charge on any atom is 0.349 e. The van der Waals surface area contributed by atoms with Gasteiger partial charge >= 0.3 is 6.03 Å². The standard InChI is InChI=1S/C5H4N3O/c9-5-7-2-4-1-6-3-8(4)5/h1,3H,2H2. The molecule has 0 aliphatic carbocycles. The molecule has 1 aliphatic heterocycles. The molecule has 1 amide bonds. The van der Waals surface area contributed by atoms with Crippen molar-refractivity contribution in [2.45, 2.75) is 6.54 Å². The number of imidazole rings is 1. The number of nitrogens with zero attached hydrogens (tertiary/aromatic N) is 3. The molecule has 0 atom stereocenters. The lowest BCUT2D eigenvalue weighted by Crippen LogP contribution is -2.09. The summed E-state index contributed by atoms with van der Waals surface area (Å²) in [5.74, 6) is 0. The van der Waals surface area contributed by atoms with Crippen LogP contribution in [0.15, 0.2) is 12.5 Å². The van der Waals surface area contributed by atoms with Gasteiger partial charge in [-0.15, -0.1) is 0 Å². The fraction of sp³-hybridized carbons (Fsp3) is 0.200. The molecule has 0 aromatic carbocycles. The highest BCUT2D eigenvalue weighted by Gasteiger charge is 2.18. The van der Waals surface area contributed by atoms with E-state index < -0.39 is 0 Å². The van der Waals surface area contributed by atoms with Gasteiger partial charge in [0.15, 0.2) is 0 Å². The van der Waals surface area contributed by atoms with Crippen molar-refractivity contribution in [2.75, 3.05) is 0 Å². The number of carbonyl (C=O) groups is 1. The van der Waals surface area contributed by atoms with Crippen molar-refractivity contribution in [1.29, 1.82) is 0 Å². The van der Waals surface area contributed by atoms with Crippen LogP contribution in [-0.4, -0.2) is 15.6 Å². The van der Waals surface area contributed by atoms with Crippen LogP contribution in [0.1, 0.15) is 5.69 Å². The van der Waals surface area contributed by atoms with Gasteiger partial charge in [0.25, 0.3) is 0 Å². The van der Waals surface area contributed by atoms with Gasteiger partial charge in [0.05, 0.1) is 18.4 Å². The molecule has 9 heavy (non-hydrogen) atoms. The van der Waals surface area contributed by atoms with E-state index in [0.717, 1.165) is 5.69 Å². The van der Waals surface area contributed by atoms with Crippen molar-refractivity contribution in [2.24, 2.45) is 0 Å². The van der Waals surface area contributed by atoms with Crippen LogP contribution in [0.5, 0.6) is 0 Å². The highest BCUT2D eigenvalue weighted by Crippen LogP contribution is 2.05. The van der Waals surface area contributed by atoms with E-state index in [0.29, 0.717) is 6.54 Å². The molecule has 1 aromatic rings. The molecule has 2 rings (SSSR count). The average Bonchev–Trinajstić information content (AvgIpc) is 2.35. The first-order valence-corrected chi connectivity index (χ1v) is 2.61. The van der Waals surface area contributed by atoms with Gasteiger partial charge in [0, 0.05) is 0 Å². The van der Waals surface area contributed by atoms with Crippen molar-refractivity contribution in [3.8, 4) is 0 Å². The summed E-state index contributed by atoms with van der Waals surface area (Å²) >= 11 is 0. The SMILES string of the molecule is O=C1[N]Cc2cncn21. The Hall–Kier alpha value is -1.32. The van der Waals surface area contributed by atoms with Crippen LogP contribution in [0.2, 0.25) is 0 Å². The topological polar surface area (TPSA) is 49.0 Å². The summed E-state index contributed by atoms with van der Waals surface area (Å²) in [7, 11) is 0. The van der Waals surface area contributed by atoms with E-state index in [-0.39, 0.29) is 6.03 Å². The summed E-state index contributed by atoms with van der Waals surface area (Å²) < 4.78 is 1.44. The third kappa shape index (κ3) is 0.468. The number of amides is 1. The highest BCUT2D eigenvalue weighted by atomic mass is 16.2. The Morgan fingerprint density at radius 3 is 3.33 bits per heavy atom. The minimum atomic E-state index is -0.206. The molecule has 2 heterocycles. The zero-order valence-corrected chi connectivity index (χ0v) is 4.61. The second kappa shape index (κ2) is 1.34. The van der Waals surface area contributed by atoms with E-state index >= 15 is 0 Å². The maximum atomic E-state index is 10.7. The molecule has 0 bridgehead atoms. The second-order valence-corrected chi connectivity index (χ2v) is 1.85. The van der Waals surface area contributed by atoms with E-state index in [9.17, 15) is 4.79 Å². The predicted molar refractivity (Wildman–Crippen MR) is 28.9 cm³/mol. The Morgan fingerprint density at radius 2 is 2.56 bits per heavy atom. The predicted octanol–water partition coefficient (Wildman–Crippen LogP) is -0.0308. The van der Waals surface area contributed by atoms with E-state index in [1.54, 1.807) is 6.20 Å². The average molecular weight is 122 g/mol. The molecule has 1 aliphatic rings. The van der Waals surface area contributed by atoms with Crippen molar-refractivity contribution in [1.82, 2.24) is 14.9 Å². The Labute approximate surface area is 51.5 Å². The fourth-order valence-corrected chi connectivity index (χ4v) is 0.836. The van der Waals surface area contributed by atoms with Crippen LogP contribution >= 0.6 is 0 Å². The van der Waals surface area contributed by atoms with E-state index in [1.165, 1.54) is 10.9 Å². The zero-order chi connectivity index (χ0) is 6.27. The molecular weight excluding hydrogens is 118 g/mol. The van der Waals surface area contributed by atoms with E-state index in [4.69, 9.17) is 0 Å². The lowest BCUT2D eigenvalue weighted by atomic mass is 10.5. The van der Waals surface area contributed by atoms with Crippen molar-refractivity contribution in [3.05, 3.63) is 18.2 Å². The molecule has 0 N–H and O–H groups in total. The summed E-state index contributed by atoms with van der Waals surface area (Å²) in [6.45, 7) is 0.485. The van der Waals surface area contributed by atoms with Gasteiger partial charge in [0.2, 0.25) is 0 Å². The van der Waals surface area contributed by atoms with Gasteiger partial charge in [-0.2, -0.15) is 0 Å². The Kier molecular flexibility index (Phi) is 0.677. The third-order valence-electron chi connectivity index (χ3n) is 1.30. The fourth-order valence-electron chi connectivity index (χ4n) is 0.836. The minimum absolute atomic E-state index is 0.206.